The second-order valence-electron chi connectivity index (χ2n) is 3.46. The van der Waals surface area contributed by atoms with Gasteiger partial charge in [0.2, 0.25) is 0 Å². The van der Waals surface area contributed by atoms with Gasteiger partial charge in [0.25, 0.3) is 5.69 Å². The molecule has 0 spiro atoms. The number of hydrogen-bond donors (Lipinski definition) is 0. The first-order chi connectivity index (χ1) is 7.16. The van der Waals surface area contributed by atoms with Gasteiger partial charge in [0.15, 0.2) is 0 Å². The predicted octanol–water partition coefficient (Wildman–Crippen LogP) is 2.35. The third-order valence-electron chi connectivity index (χ3n) is 2.41. The molecule has 1 saturated heterocycles. The zero-order chi connectivity index (χ0) is 10.8. The second kappa shape index (κ2) is 4.14. The van der Waals surface area contributed by atoms with Gasteiger partial charge in [-0.1, -0.05) is 0 Å². The first kappa shape index (κ1) is 10.4. The molecule has 0 radical (unpaired) electrons. The number of aromatic nitrogens is 1. The largest absolute Gasteiger partial charge is 0.356 e. The number of nitrogens with zero attached hydrogens (tertiary/aromatic N) is 3. The summed E-state index contributed by atoms with van der Waals surface area (Å²) in [5.41, 5.74) is 0.0822. The highest BCUT2D eigenvalue weighted by molar-refractivity contribution is 9.10. The normalized spacial score (nSPS) is 15.7. The summed E-state index contributed by atoms with van der Waals surface area (Å²) in [5.74, 6) is 0.688. The molecular formula is C9H10BrN3O2. The molecule has 0 N–H and O–H groups in total. The molecule has 1 aromatic rings. The van der Waals surface area contributed by atoms with Gasteiger partial charge in [-0.05, 0) is 28.8 Å². The molecule has 80 valence electrons. The van der Waals surface area contributed by atoms with Gasteiger partial charge in [-0.2, -0.15) is 0 Å². The Hall–Kier alpha value is -1.17. The molecule has 1 fully saturated rings. The first-order valence-corrected chi connectivity index (χ1v) is 5.53. The summed E-state index contributed by atoms with van der Waals surface area (Å²) in [5, 5.41) is 10.7. The van der Waals surface area contributed by atoms with Crippen LogP contribution in [0.2, 0.25) is 0 Å². The van der Waals surface area contributed by atoms with Crippen LogP contribution in [-0.2, 0) is 0 Å². The fourth-order valence-electron chi connectivity index (χ4n) is 1.68. The maximum atomic E-state index is 10.7. The van der Waals surface area contributed by atoms with Crippen molar-refractivity contribution in [2.75, 3.05) is 18.0 Å². The maximum absolute atomic E-state index is 10.7. The van der Waals surface area contributed by atoms with Crippen LogP contribution in [0.25, 0.3) is 0 Å². The molecule has 0 aromatic carbocycles. The van der Waals surface area contributed by atoms with E-state index in [1.54, 1.807) is 0 Å². The molecule has 0 bridgehead atoms. The van der Waals surface area contributed by atoms with E-state index in [0.717, 1.165) is 25.9 Å². The summed E-state index contributed by atoms with van der Waals surface area (Å²) >= 11 is 3.19. The van der Waals surface area contributed by atoms with E-state index in [2.05, 4.69) is 25.8 Å². The third kappa shape index (κ3) is 2.26. The molecule has 6 heteroatoms. The summed E-state index contributed by atoms with van der Waals surface area (Å²) in [6, 6.07) is 2.94. The van der Waals surface area contributed by atoms with Gasteiger partial charge in [0.05, 0.1) is 11.0 Å². The molecule has 0 atom stereocenters. The average Bonchev–Trinajstić information content (AvgIpc) is 2.69. The first-order valence-electron chi connectivity index (χ1n) is 4.74. The van der Waals surface area contributed by atoms with Crippen LogP contribution >= 0.6 is 15.9 Å². The topological polar surface area (TPSA) is 59.3 Å². The predicted molar refractivity (Wildman–Crippen MR) is 60.0 cm³/mol. The number of pyridine rings is 1. The monoisotopic (exact) mass is 271 g/mol. The Morgan fingerprint density at radius 3 is 2.67 bits per heavy atom. The lowest BCUT2D eigenvalue weighted by Gasteiger charge is -2.15. The minimum atomic E-state index is -0.397. The summed E-state index contributed by atoms with van der Waals surface area (Å²) < 4.78 is 0.513. The summed E-state index contributed by atoms with van der Waals surface area (Å²) in [6.45, 7) is 1.86. The lowest BCUT2D eigenvalue weighted by atomic mass is 10.4. The Morgan fingerprint density at radius 1 is 1.40 bits per heavy atom. The maximum Gasteiger partial charge on any atom is 0.275 e. The van der Waals surface area contributed by atoms with Crippen LogP contribution in [0.5, 0.6) is 0 Å². The van der Waals surface area contributed by atoms with E-state index in [0.29, 0.717) is 10.4 Å². The van der Waals surface area contributed by atoms with Crippen molar-refractivity contribution in [1.29, 1.82) is 0 Å². The van der Waals surface area contributed by atoms with E-state index in [9.17, 15) is 10.1 Å². The molecule has 0 aliphatic carbocycles. The standard InChI is InChI=1S/C9H10BrN3O2/c10-8-5-7(13(14)15)6-9(11-8)12-3-1-2-4-12/h5-6H,1-4H2. The van der Waals surface area contributed by atoms with Crippen LogP contribution in [0.4, 0.5) is 11.5 Å². The van der Waals surface area contributed by atoms with Crippen molar-refractivity contribution >= 4 is 27.4 Å². The Kier molecular flexibility index (Phi) is 2.86. The molecule has 1 aliphatic rings. The molecule has 1 aromatic heterocycles. The SMILES string of the molecule is O=[N+]([O-])c1cc(Br)nc(N2CCCC2)c1. The number of anilines is 1. The molecule has 5 nitrogen and oxygen atoms in total. The van der Waals surface area contributed by atoms with Gasteiger partial charge in [0, 0.05) is 19.2 Å². The van der Waals surface area contributed by atoms with Crippen LogP contribution in [0.1, 0.15) is 12.8 Å². The molecule has 0 saturated carbocycles. The molecule has 2 rings (SSSR count). The van der Waals surface area contributed by atoms with E-state index in [1.165, 1.54) is 12.1 Å². The Balaban J connectivity index is 2.34. The van der Waals surface area contributed by atoms with Crippen LogP contribution in [-0.4, -0.2) is 23.0 Å². The highest BCUT2D eigenvalue weighted by Gasteiger charge is 2.17. The quantitative estimate of drug-likeness (QED) is 0.471. The Labute approximate surface area is 95.4 Å². The second-order valence-corrected chi connectivity index (χ2v) is 4.27. The number of rotatable bonds is 2. The van der Waals surface area contributed by atoms with Crippen molar-refractivity contribution in [3.63, 3.8) is 0 Å². The van der Waals surface area contributed by atoms with Crippen LogP contribution < -0.4 is 4.90 Å². The fraction of sp³-hybridized carbons (Fsp3) is 0.444. The smallest absolute Gasteiger partial charge is 0.275 e. The van der Waals surface area contributed by atoms with Crippen molar-refractivity contribution in [1.82, 2.24) is 4.98 Å². The molecule has 0 amide bonds. The Bertz CT molecular complexity index is 391. The van der Waals surface area contributed by atoms with Gasteiger partial charge < -0.3 is 4.90 Å². The highest BCUT2D eigenvalue weighted by Crippen LogP contribution is 2.25. The van der Waals surface area contributed by atoms with Crippen molar-refractivity contribution < 1.29 is 4.92 Å². The molecule has 2 heterocycles. The van der Waals surface area contributed by atoms with Crippen molar-refractivity contribution in [3.05, 3.63) is 26.9 Å². The summed E-state index contributed by atoms with van der Waals surface area (Å²) in [6.07, 6.45) is 2.25. The van der Waals surface area contributed by atoms with Crippen molar-refractivity contribution in [2.24, 2.45) is 0 Å². The van der Waals surface area contributed by atoms with E-state index >= 15 is 0 Å². The molecule has 1 aliphatic heterocycles. The lowest BCUT2D eigenvalue weighted by molar-refractivity contribution is -0.384. The van der Waals surface area contributed by atoms with Crippen molar-refractivity contribution in [2.45, 2.75) is 12.8 Å². The van der Waals surface area contributed by atoms with E-state index in [1.807, 2.05) is 0 Å². The molecule has 0 unspecified atom stereocenters. The summed E-state index contributed by atoms with van der Waals surface area (Å²) in [4.78, 5) is 16.6. The molecular weight excluding hydrogens is 262 g/mol. The zero-order valence-electron chi connectivity index (χ0n) is 8.02. The van der Waals surface area contributed by atoms with E-state index in [-0.39, 0.29) is 5.69 Å². The van der Waals surface area contributed by atoms with Gasteiger partial charge in [-0.3, -0.25) is 10.1 Å². The van der Waals surface area contributed by atoms with Gasteiger partial charge in [-0.25, -0.2) is 4.98 Å². The van der Waals surface area contributed by atoms with E-state index in [4.69, 9.17) is 0 Å². The van der Waals surface area contributed by atoms with Crippen LogP contribution in [0.3, 0.4) is 0 Å². The van der Waals surface area contributed by atoms with Crippen LogP contribution in [0.15, 0.2) is 16.7 Å². The number of nitro groups is 1. The van der Waals surface area contributed by atoms with Gasteiger partial charge in [-0.15, -0.1) is 0 Å². The zero-order valence-corrected chi connectivity index (χ0v) is 9.61. The number of hydrogen-bond acceptors (Lipinski definition) is 4. The minimum Gasteiger partial charge on any atom is -0.356 e. The van der Waals surface area contributed by atoms with Crippen LogP contribution in [0, 0.1) is 10.1 Å². The van der Waals surface area contributed by atoms with Gasteiger partial charge in [0.1, 0.15) is 10.4 Å². The fourth-order valence-corrected chi connectivity index (χ4v) is 2.10. The molecule has 15 heavy (non-hydrogen) atoms. The number of halogens is 1. The highest BCUT2D eigenvalue weighted by atomic mass is 79.9. The van der Waals surface area contributed by atoms with E-state index < -0.39 is 4.92 Å². The van der Waals surface area contributed by atoms with Gasteiger partial charge >= 0.3 is 0 Å². The summed E-state index contributed by atoms with van der Waals surface area (Å²) in [7, 11) is 0. The average molecular weight is 272 g/mol. The third-order valence-corrected chi connectivity index (χ3v) is 2.81. The minimum absolute atomic E-state index is 0.0822. The lowest BCUT2D eigenvalue weighted by Crippen LogP contribution is -2.19. The van der Waals surface area contributed by atoms with Crippen molar-refractivity contribution in [3.8, 4) is 0 Å². The Morgan fingerprint density at radius 2 is 2.07 bits per heavy atom.